The van der Waals surface area contributed by atoms with Gasteiger partial charge in [-0.25, -0.2) is 13.2 Å². The molecule has 0 spiro atoms. The largest absolute Gasteiger partial charge is 0.497 e. The zero-order chi connectivity index (χ0) is 22.4. The molecule has 0 unspecified atom stereocenters. The SMILES string of the molecule is COc1ccc(C(=O)COC(=O)c2cccc(S(=O)(=O)N(C)c3ccccc3)c2)cc1. The van der Waals surface area contributed by atoms with Gasteiger partial charge >= 0.3 is 5.97 Å². The quantitative estimate of drug-likeness (QED) is 0.394. The summed E-state index contributed by atoms with van der Waals surface area (Å²) >= 11 is 0. The van der Waals surface area contributed by atoms with Crippen LogP contribution in [0.15, 0.2) is 83.8 Å². The lowest BCUT2D eigenvalue weighted by atomic mass is 10.1. The van der Waals surface area contributed by atoms with Crippen molar-refractivity contribution in [1.82, 2.24) is 0 Å². The highest BCUT2D eigenvalue weighted by molar-refractivity contribution is 7.92. The van der Waals surface area contributed by atoms with Crippen molar-refractivity contribution >= 4 is 27.5 Å². The van der Waals surface area contributed by atoms with Crippen molar-refractivity contribution < 1.29 is 27.5 Å². The molecule has 0 atom stereocenters. The van der Waals surface area contributed by atoms with E-state index in [-0.39, 0.29) is 16.2 Å². The molecule has 160 valence electrons. The number of ether oxygens (including phenoxy) is 2. The lowest BCUT2D eigenvalue weighted by Gasteiger charge is -2.19. The Labute approximate surface area is 180 Å². The maximum absolute atomic E-state index is 12.9. The van der Waals surface area contributed by atoms with E-state index in [2.05, 4.69) is 0 Å². The van der Waals surface area contributed by atoms with Crippen molar-refractivity contribution in [2.24, 2.45) is 0 Å². The first-order chi connectivity index (χ1) is 14.8. The first-order valence-electron chi connectivity index (χ1n) is 9.31. The Kier molecular flexibility index (Phi) is 6.71. The van der Waals surface area contributed by atoms with Gasteiger partial charge in [-0.1, -0.05) is 24.3 Å². The van der Waals surface area contributed by atoms with E-state index < -0.39 is 22.6 Å². The number of esters is 1. The van der Waals surface area contributed by atoms with Crippen LogP contribution in [-0.4, -0.2) is 40.9 Å². The number of hydrogen-bond donors (Lipinski definition) is 0. The van der Waals surface area contributed by atoms with Crippen LogP contribution in [-0.2, 0) is 14.8 Å². The molecule has 0 N–H and O–H groups in total. The van der Waals surface area contributed by atoms with Crippen LogP contribution in [0.4, 0.5) is 5.69 Å². The van der Waals surface area contributed by atoms with E-state index in [9.17, 15) is 18.0 Å². The molecular formula is C23H21NO6S. The van der Waals surface area contributed by atoms with Crippen LogP contribution in [0.2, 0.25) is 0 Å². The Morgan fingerprint density at radius 1 is 0.871 bits per heavy atom. The highest BCUT2D eigenvalue weighted by Crippen LogP contribution is 2.22. The van der Waals surface area contributed by atoms with Crippen molar-refractivity contribution in [3.05, 3.63) is 90.0 Å². The number of methoxy groups -OCH3 is 1. The van der Waals surface area contributed by atoms with Gasteiger partial charge < -0.3 is 9.47 Å². The Bertz CT molecular complexity index is 1170. The molecule has 3 aromatic carbocycles. The maximum Gasteiger partial charge on any atom is 0.338 e. The number of nitrogens with zero attached hydrogens (tertiary/aromatic N) is 1. The number of anilines is 1. The predicted octanol–water partition coefficient (Wildman–Crippen LogP) is 3.56. The normalized spacial score (nSPS) is 10.9. The van der Waals surface area contributed by atoms with E-state index in [1.165, 1.54) is 38.4 Å². The van der Waals surface area contributed by atoms with Crippen molar-refractivity contribution in [3.8, 4) is 5.75 Å². The van der Waals surface area contributed by atoms with E-state index >= 15 is 0 Å². The third-order valence-corrected chi connectivity index (χ3v) is 6.38. The fourth-order valence-corrected chi connectivity index (χ4v) is 4.03. The number of para-hydroxylation sites is 1. The van der Waals surface area contributed by atoms with Crippen LogP contribution in [0, 0.1) is 0 Å². The van der Waals surface area contributed by atoms with Crippen LogP contribution >= 0.6 is 0 Å². The number of carbonyl (C=O) groups excluding carboxylic acids is 2. The summed E-state index contributed by atoms with van der Waals surface area (Å²) in [4.78, 5) is 24.6. The van der Waals surface area contributed by atoms with E-state index in [1.807, 2.05) is 0 Å². The van der Waals surface area contributed by atoms with Gasteiger partial charge in [0.25, 0.3) is 10.0 Å². The molecule has 8 heteroatoms. The summed E-state index contributed by atoms with van der Waals surface area (Å²) in [6, 6.07) is 20.5. The first-order valence-corrected chi connectivity index (χ1v) is 10.8. The third kappa shape index (κ3) is 5.10. The molecule has 0 radical (unpaired) electrons. The predicted molar refractivity (Wildman–Crippen MR) is 116 cm³/mol. The summed E-state index contributed by atoms with van der Waals surface area (Å²) in [5, 5.41) is 0. The van der Waals surface area contributed by atoms with Gasteiger partial charge in [-0.05, 0) is 54.6 Å². The molecule has 0 fully saturated rings. The molecule has 3 rings (SSSR count). The van der Waals surface area contributed by atoms with Crippen molar-refractivity contribution in [1.29, 1.82) is 0 Å². The zero-order valence-electron chi connectivity index (χ0n) is 17.0. The summed E-state index contributed by atoms with van der Waals surface area (Å²) in [5.74, 6) is -0.572. The van der Waals surface area contributed by atoms with Crippen molar-refractivity contribution in [2.75, 3.05) is 25.1 Å². The first kappa shape index (κ1) is 22.0. The maximum atomic E-state index is 12.9. The smallest absolute Gasteiger partial charge is 0.338 e. The molecule has 7 nitrogen and oxygen atoms in total. The summed E-state index contributed by atoms with van der Waals surface area (Å²) in [5.41, 5.74) is 0.889. The number of carbonyl (C=O) groups is 2. The van der Waals surface area contributed by atoms with E-state index in [4.69, 9.17) is 9.47 Å². The average molecular weight is 439 g/mol. The summed E-state index contributed by atoms with van der Waals surface area (Å²) < 4.78 is 37.1. The van der Waals surface area contributed by atoms with Crippen LogP contribution in [0.25, 0.3) is 0 Å². The van der Waals surface area contributed by atoms with E-state index in [1.54, 1.807) is 54.6 Å². The molecule has 0 aliphatic carbocycles. The Morgan fingerprint density at radius 3 is 2.19 bits per heavy atom. The van der Waals surface area contributed by atoms with E-state index in [0.717, 1.165) is 4.31 Å². The van der Waals surface area contributed by atoms with Gasteiger partial charge in [-0.15, -0.1) is 0 Å². The second kappa shape index (κ2) is 9.44. The third-order valence-electron chi connectivity index (χ3n) is 4.59. The second-order valence-electron chi connectivity index (χ2n) is 6.56. The minimum absolute atomic E-state index is 0.0325. The summed E-state index contributed by atoms with van der Waals surface area (Å²) in [6.45, 7) is -0.466. The van der Waals surface area contributed by atoms with Gasteiger partial charge in [-0.3, -0.25) is 9.10 Å². The molecule has 0 amide bonds. The standard InChI is InChI=1S/C23H21NO6S/c1-24(19-8-4-3-5-9-19)31(27,28)21-10-6-7-18(15-21)23(26)30-16-22(25)17-11-13-20(29-2)14-12-17/h3-15H,16H2,1-2H3. The van der Waals surface area contributed by atoms with Gasteiger partial charge in [0.15, 0.2) is 12.4 Å². The van der Waals surface area contributed by atoms with Crippen LogP contribution in [0.5, 0.6) is 5.75 Å². The molecule has 0 saturated carbocycles. The molecule has 3 aromatic rings. The number of sulfonamides is 1. The second-order valence-corrected chi connectivity index (χ2v) is 8.53. The number of benzene rings is 3. The molecule has 0 aliphatic heterocycles. The Balaban J connectivity index is 1.71. The van der Waals surface area contributed by atoms with Gasteiger partial charge in [-0.2, -0.15) is 0 Å². The van der Waals surface area contributed by atoms with Gasteiger partial charge in [0.05, 0.1) is 23.3 Å². The van der Waals surface area contributed by atoms with Crippen LogP contribution < -0.4 is 9.04 Å². The molecular weight excluding hydrogens is 418 g/mol. The molecule has 0 heterocycles. The van der Waals surface area contributed by atoms with Gasteiger partial charge in [0, 0.05) is 12.6 Å². The lowest BCUT2D eigenvalue weighted by Crippen LogP contribution is -2.26. The lowest BCUT2D eigenvalue weighted by molar-refractivity contribution is 0.0474. The zero-order valence-corrected chi connectivity index (χ0v) is 17.8. The monoisotopic (exact) mass is 439 g/mol. The molecule has 0 saturated heterocycles. The number of rotatable bonds is 8. The minimum Gasteiger partial charge on any atom is -0.497 e. The number of ketones is 1. The average Bonchev–Trinajstić information content (AvgIpc) is 2.82. The number of Topliss-reactive ketones (excluding diaryl/α,β-unsaturated/α-hetero) is 1. The van der Waals surface area contributed by atoms with Crippen molar-refractivity contribution in [3.63, 3.8) is 0 Å². The Hall–Kier alpha value is -3.65. The van der Waals surface area contributed by atoms with Crippen molar-refractivity contribution in [2.45, 2.75) is 4.90 Å². The fraction of sp³-hybridized carbons (Fsp3) is 0.130. The van der Waals surface area contributed by atoms with Crippen LogP contribution in [0.1, 0.15) is 20.7 Å². The van der Waals surface area contributed by atoms with Gasteiger partial charge in [0.1, 0.15) is 5.75 Å². The molecule has 0 aliphatic rings. The summed E-state index contributed by atoms with van der Waals surface area (Å²) in [6.07, 6.45) is 0. The highest BCUT2D eigenvalue weighted by Gasteiger charge is 2.23. The molecule has 0 bridgehead atoms. The highest BCUT2D eigenvalue weighted by atomic mass is 32.2. The molecule has 0 aromatic heterocycles. The molecule has 31 heavy (non-hydrogen) atoms. The van der Waals surface area contributed by atoms with Crippen LogP contribution in [0.3, 0.4) is 0 Å². The minimum atomic E-state index is -3.88. The fourth-order valence-electron chi connectivity index (χ4n) is 2.79. The topological polar surface area (TPSA) is 90.0 Å². The summed E-state index contributed by atoms with van der Waals surface area (Å²) in [7, 11) is -0.930. The van der Waals surface area contributed by atoms with Gasteiger partial charge in [0.2, 0.25) is 0 Å². The Morgan fingerprint density at radius 2 is 1.55 bits per heavy atom. The number of hydrogen-bond acceptors (Lipinski definition) is 6. The van der Waals surface area contributed by atoms with E-state index in [0.29, 0.717) is 17.0 Å².